The maximum atomic E-state index is 14.0. The normalized spacial score (nSPS) is 16.0. The van der Waals surface area contributed by atoms with Crippen LogP contribution < -0.4 is 10.1 Å². The molecule has 7 heteroatoms. The van der Waals surface area contributed by atoms with Gasteiger partial charge >= 0.3 is 6.09 Å². The van der Waals surface area contributed by atoms with Gasteiger partial charge in [0.1, 0.15) is 28.8 Å². The summed E-state index contributed by atoms with van der Waals surface area (Å²) in [6, 6.07) is 4.98. The second-order valence-corrected chi connectivity index (χ2v) is 7.46. The lowest BCUT2D eigenvalue weighted by Gasteiger charge is -2.33. The number of rotatable bonds is 4. The van der Waals surface area contributed by atoms with Crippen LogP contribution in [0.15, 0.2) is 12.1 Å². The molecule has 1 aromatic carbocycles. The van der Waals surface area contributed by atoms with E-state index in [2.05, 4.69) is 10.2 Å². The van der Waals surface area contributed by atoms with Gasteiger partial charge < -0.3 is 14.8 Å². The van der Waals surface area contributed by atoms with Crippen LogP contribution in [0.1, 0.15) is 44.7 Å². The molecule has 1 fully saturated rings. The molecule has 0 unspecified atom stereocenters. The fraction of sp³-hybridized carbons (Fsp3) is 0.579. The van der Waals surface area contributed by atoms with Crippen LogP contribution >= 0.6 is 0 Å². The van der Waals surface area contributed by atoms with Gasteiger partial charge in [-0.05, 0) is 51.3 Å². The number of benzene rings is 1. The molecule has 1 amide bonds. The number of nitriles is 1. The van der Waals surface area contributed by atoms with E-state index in [0.29, 0.717) is 6.54 Å². The number of nitrogens with zero attached hydrogens (tertiary/aromatic N) is 2. The minimum absolute atomic E-state index is 0.0727. The molecule has 142 valence electrons. The molecule has 0 bridgehead atoms. The molecule has 26 heavy (non-hydrogen) atoms. The third kappa shape index (κ3) is 5.60. The number of halogens is 1. The number of piperidine rings is 1. The van der Waals surface area contributed by atoms with Crippen molar-refractivity contribution in [1.29, 1.82) is 5.26 Å². The first-order valence-electron chi connectivity index (χ1n) is 8.70. The molecule has 1 aliphatic heterocycles. The van der Waals surface area contributed by atoms with E-state index in [4.69, 9.17) is 14.7 Å². The second-order valence-electron chi connectivity index (χ2n) is 7.46. The van der Waals surface area contributed by atoms with Crippen molar-refractivity contribution in [3.05, 3.63) is 29.1 Å². The highest BCUT2D eigenvalue weighted by Gasteiger charge is 2.24. The molecule has 1 aliphatic rings. The lowest BCUT2D eigenvalue weighted by atomic mass is 10.0. The van der Waals surface area contributed by atoms with Crippen molar-refractivity contribution in [3.63, 3.8) is 0 Å². The van der Waals surface area contributed by atoms with Crippen LogP contribution in [0.4, 0.5) is 9.18 Å². The Morgan fingerprint density at radius 2 is 2.04 bits per heavy atom. The van der Waals surface area contributed by atoms with E-state index in [1.807, 2.05) is 26.8 Å². The van der Waals surface area contributed by atoms with Crippen LogP contribution in [0.25, 0.3) is 0 Å². The quantitative estimate of drug-likeness (QED) is 0.889. The third-order valence-corrected chi connectivity index (χ3v) is 4.16. The maximum absolute atomic E-state index is 14.0. The summed E-state index contributed by atoms with van der Waals surface area (Å²) >= 11 is 0. The highest BCUT2D eigenvalue weighted by Crippen LogP contribution is 2.24. The SMILES string of the molecule is COc1cc(CN2CCC(NC(=O)OC(C)(C)C)CC2)cc(F)c1C#N. The van der Waals surface area contributed by atoms with E-state index in [1.165, 1.54) is 13.2 Å². The molecule has 0 spiro atoms. The van der Waals surface area contributed by atoms with E-state index >= 15 is 0 Å². The predicted octanol–water partition coefficient (Wildman–Crippen LogP) is 3.20. The molecule has 0 saturated carbocycles. The molecule has 1 aromatic rings. The number of ether oxygens (including phenoxy) is 2. The third-order valence-electron chi connectivity index (χ3n) is 4.16. The van der Waals surface area contributed by atoms with Gasteiger partial charge in [0, 0.05) is 25.7 Å². The van der Waals surface area contributed by atoms with Gasteiger partial charge in [-0.1, -0.05) is 0 Å². The van der Waals surface area contributed by atoms with E-state index in [0.717, 1.165) is 31.5 Å². The number of hydrogen-bond acceptors (Lipinski definition) is 5. The highest BCUT2D eigenvalue weighted by molar-refractivity contribution is 5.68. The largest absolute Gasteiger partial charge is 0.495 e. The molecule has 1 N–H and O–H groups in total. The number of hydrogen-bond donors (Lipinski definition) is 1. The maximum Gasteiger partial charge on any atom is 0.407 e. The summed E-state index contributed by atoms with van der Waals surface area (Å²) in [5, 5.41) is 11.9. The highest BCUT2D eigenvalue weighted by atomic mass is 19.1. The van der Waals surface area contributed by atoms with Gasteiger partial charge in [0.05, 0.1) is 7.11 Å². The first-order valence-corrected chi connectivity index (χ1v) is 8.70. The first kappa shape index (κ1) is 20.0. The topological polar surface area (TPSA) is 74.6 Å². The van der Waals surface area contributed by atoms with Crippen LogP contribution in [0.3, 0.4) is 0 Å². The number of carbonyl (C=O) groups is 1. The average molecular weight is 363 g/mol. The minimum atomic E-state index is -0.566. The van der Waals surface area contributed by atoms with Crippen LogP contribution in [0.2, 0.25) is 0 Å². The first-order chi connectivity index (χ1) is 12.2. The lowest BCUT2D eigenvalue weighted by Crippen LogP contribution is -2.45. The molecule has 2 rings (SSSR count). The zero-order valence-corrected chi connectivity index (χ0v) is 15.8. The van der Waals surface area contributed by atoms with E-state index < -0.39 is 17.5 Å². The van der Waals surface area contributed by atoms with Gasteiger partial charge in [0.25, 0.3) is 0 Å². The number of amides is 1. The molecule has 1 heterocycles. The Morgan fingerprint density at radius 3 is 2.58 bits per heavy atom. The van der Waals surface area contributed by atoms with Gasteiger partial charge in [-0.3, -0.25) is 4.90 Å². The monoisotopic (exact) mass is 363 g/mol. The van der Waals surface area contributed by atoms with Gasteiger partial charge in [-0.25, -0.2) is 9.18 Å². The molecule has 0 radical (unpaired) electrons. The lowest BCUT2D eigenvalue weighted by molar-refractivity contribution is 0.0477. The van der Waals surface area contributed by atoms with Gasteiger partial charge in [0.2, 0.25) is 0 Å². The Bertz CT molecular complexity index is 686. The molecule has 0 aromatic heterocycles. The van der Waals surface area contributed by atoms with Gasteiger partial charge in [-0.2, -0.15) is 5.26 Å². The summed E-state index contributed by atoms with van der Waals surface area (Å²) < 4.78 is 24.4. The standard InChI is InChI=1S/C19H26FN3O3/c1-19(2,3)26-18(24)22-14-5-7-23(8-6-14)12-13-9-16(20)15(11-21)17(10-13)25-4/h9-10,14H,5-8,12H2,1-4H3,(H,22,24). The number of likely N-dealkylation sites (tertiary alicyclic amines) is 1. The van der Waals surface area contributed by atoms with Crippen molar-refractivity contribution in [3.8, 4) is 11.8 Å². The average Bonchev–Trinajstić information content (AvgIpc) is 2.54. The van der Waals surface area contributed by atoms with Crippen molar-refractivity contribution in [2.45, 2.75) is 51.8 Å². The fourth-order valence-corrected chi connectivity index (χ4v) is 2.96. The molecule has 1 saturated heterocycles. The number of carbonyl (C=O) groups excluding carboxylic acids is 1. The van der Waals surface area contributed by atoms with Crippen LogP contribution in [0, 0.1) is 17.1 Å². The summed E-state index contributed by atoms with van der Waals surface area (Å²) in [5.41, 5.74) is 0.178. The molecular weight excluding hydrogens is 337 g/mol. The van der Waals surface area contributed by atoms with E-state index in [9.17, 15) is 9.18 Å². The summed E-state index contributed by atoms with van der Waals surface area (Å²) in [5.74, 6) is -0.313. The van der Waals surface area contributed by atoms with Crippen LogP contribution in [-0.2, 0) is 11.3 Å². The van der Waals surface area contributed by atoms with Crippen molar-refractivity contribution in [2.75, 3.05) is 20.2 Å². The number of methoxy groups -OCH3 is 1. The Labute approximate surface area is 153 Å². The molecule has 6 nitrogen and oxygen atoms in total. The number of nitrogens with one attached hydrogen (secondary N) is 1. The van der Waals surface area contributed by atoms with Gasteiger partial charge in [0.15, 0.2) is 0 Å². The zero-order chi connectivity index (χ0) is 19.3. The molecular formula is C19H26FN3O3. The smallest absolute Gasteiger partial charge is 0.407 e. The fourth-order valence-electron chi connectivity index (χ4n) is 2.96. The zero-order valence-electron chi connectivity index (χ0n) is 15.8. The Kier molecular flexibility index (Phi) is 6.43. The van der Waals surface area contributed by atoms with E-state index in [-0.39, 0.29) is 17.4 Å². The summed E-state index contributed by atoms with van der Waals surface area (Å²) in [7, 11) is 1.42. The Balaban J connectivity index is 1.88. The van der Waals surface area contributed by atoms with Crippen molar-refractivity contribution < 1.29 is 18.7 Å². The molecule has 0 aliphatic carbocycles. The minimum Gasteiger partial charge on any atom is -0.495 e. The van der Waals surface area contributed by atoms with Gasteiger partial charge in [-0.15, -0.1) is 0 Å². The van der Waals surface area contributed by atoms with Crippen molar-refractivity contribution in [2.24, 2.45) is 0 Å². The predicted molar refractivity (Wildman–Crippen MR) is 95.3 cm³/mol. The summed E-state index contributed by atoms with van der Waals surface area (Å²) in [4.78, 5) is 14.0. The van der Waals surface area contributed by atoms with Crippen LogP contribution in [0.5, 0.6) is 5.75 Å². The van der Waals surface area contributed by atoms with Crippen LogP contribution in [-0.4, -0.2) is 42.8 Å². The van der Waals surface area contributed by atoms with Crippen molar-refractivity contribution in [1.82, 2.24) is 10.2 Å². The summed E-state index contributed by atoms with van der Waals surface area (Å²) in [6.07, 6.45) is 1.21. The Hall–Kier alpha value is -2.33. The number of alkyl carbamates (subject to hydrolysis) is 1. The van der Waals surface area contributed by atoms with Crippen molar-refractivity contribution >= 4 is 6.09 Å². The summed E-state index contributed by atoms with van der Waals surface area (Å²) in [6.45, 7) is 7.63. The Morgan fingerprint density at radius 1 is 1.38 bits per heavy atom. The second kappa shape index (κ2) is 8.37. The molecule has 0 atom stereocenters. The van der Waals surface area contributed by atoms with E-state index in [1.54, 1.807) is 6.07 Å².